The largest absolute Gasteiger partial charge is 0.497 e. The van der Waals surface area contributed by atoms with Gasteiger partial charge in [0.25, 0.3) is 0 Å². The van der Waals surface area contributed by atoms with Crippen LogP contribution in [0.15, 0.2) is 18.2 Å². The maximum absolute atomic E-state index is 5.26. The number of methoxy groups -OCH3 is 1. The van der Waals surface area contributed by atoms with Gasteiger partial charge in [-0.2, -0.15) is 0 Å². The average Bonchev–Trinajstić information content (AvgIpc) is 2.61. The molecule has 0 radical (unpaired) electrons. The fourth-order valence-corrected chi connectivity index (χ4v) is 1.97. The molecule has 3 heteroatoms. The first-order valence-electron chi connectivity index (χ1n) is 5.62. The summed E-state index contributed by atoms with van der Waals surface area (Å²) < 4.78 is 5.26. The first kappa shape index (κ1) is 11.0. The summed E-state index contributed by atoms with van der Waals surface area (Å²) in [5.74, 6) is 0.907. The normalized spacial score (nSPS) is 10.9. The monoisotopic (exact) mass is 218 g/mol. The van der Waals surface area contributed by atoms with Gasteiger partial charge in [0.2, 0.25) is 0 Å². The van der Waals surface area contributed by atoms with Crippen molar-refractivity contribution in [3.8, 4) is 5.75 Å². The molecule has 0 spiro atoms. The molecule has 0 aliphatic rings. The van der Waals surface area contributed by atoms with E-state index >= 15 is 0 Å². The van der Waals surface area contributed by atoms with Crippen molar-refractivity contribution < 1.29 is 4.74 Å². The first-order valence-corrected chi connectivity index (χ1v) is 5.62. The molecule has 0 saturated heterocycles. The number of rotatable bonds is 4. The zero-order valence-corrected chi connectivity index (χ0v) is 10.1. The number of fused-ring (bicyclic) bond motifs is 1. The number of ether oxygens (including phenoxy) is 1. The van der Waals surface area contributed by atoms with Gasteiger partial charge >= 0.3 is 0 Å². The van der Waals surface area contributed by atoms with E-state index in [4.69, 9.17) is 4.74 Å². The fraction of sp³-hybridized carbons (Fsp3) is 0.385. The molecule has 2 aromatic rings. The minimum atomic E-state index is 0.898. The van der Waals surface area contributed by atoms with E-state index in [0.29, 0.717) is 0 Å². The highest BCUT2D eigenvalue weighted by Crippen LogP contribution is 2.26. The molecule has 1 heterocycles. The van der Waals surface area contributed by atoms with E-state index in [2.05, 4.69) is 36.3 Å². The molecule has 2 N–H and O–H groups in total. The Bertz CT molecular complexity index is 488. The molecular weight excluding hydrogens is 200 g/mol. The summed E-state index contributed by atoms with van der Waals surface area (Å²) in [7, 11) is 1.70. The van der Waals surface area contributed by atoms with Crippen molar-refractivity contribution in [3.63, 3.8) is 0 Å². The Morgan fingerprint density at radius 1 is 1.38 bits per heavy atom. The molecule has 2 rings (SSSR count). The standard InChI is InChI=1S/C13H18N2O/c1-4-14-8-12-9(2)15-13-6-5-10(16-3)7-11(12)13/h5-7,14-15H,4,8H2,1-3H3. The molecule has 16 heavy (non-hydrogen) atoms. The Hall–Kier alpha value is -1.48. The third-order valence-corrected chi connectivity index (χ3v) is 2.88. The predicted molar refractivity (Wildman–Crippen MR) is 67.0 cm³/mol. The Balaban J connectivity index is 2.48. The Morgan fingerprint density at radius 2 is 2.19 bits per heavy atom. The molecule has 0 aliphatic carbocycles. The van der Waals surface area contributed by atoms with Gasteiger partial charge < -0.3 is 15.0 Å². The topological polar surface area (TPSA) is 37.0 Å². The molecular formula is C13H18N2O. The summed E-state index contributed by atoms with van der Waals surface area (Å²) >= 11 is 0. The predicted octanol–water partition coefficient (Wildman–Crippen LogP) is 2.59. The van der Waals surface area contributed by atoms with E-state index in [1.54, 1.807) is 7.11 Å². The van der Waals surface area contributed by atoms with Gasteiger partial charge in [-0.05, 0) is 37.2 Å². The highest BCUT2D eigenvalue weighted by Gasteiger charge is 2.08. The Kier molecular flexibility index (Phi) is 3.15. The highest BCUT2D eigenvalue weighted by atomic mass is 16.5. The zero-order chi connectivity index (χ0) is 11.5. The van der Waals surface area contributed by atoms with Crippen LogP contribution in [0.4, 0.5) is 0 Å². The highest BCUT2D eigenvalue weighted by molar-refractivity contribution is 5.85. The smallest absolute Gasteiger partial charge is 0.119 e. The fourth-order valence-electron chi connectivity index (χ4n) is 1.97. The lowest BCUT2D eigenvalue weighted by Gasteiger charge is -2.03. The second-order valence-electron chi connectivity index (χ2n) is 3.92. The van der Waals surface area contributed by atoms with Crippen molar-refractivity contribution in [2.24, 2.45) is 0 Å². The van der Waals surface area contributed by atoms with Crippen molar-refractivity contribution in [1.29, 1.82) is 0 Å². The zero-order valence-electron chi connectivity index (χ0n) is 10.1. The maximum Gasteiger partial charge on any atom is 0.119 e. The van der Waals surface area contributed by atoms with Gasteiger partial charge in [0, 0.05) is 23.1 Å². The lowest BCUT2D eigenvalue weighted by Crippen LogP contribution is -2.12. The number of hydrogen-bond donors (Lipinski definition) is 2. The third-order valence-electron chi connectivity index (χ3n) is 2.88. The van der Waals surface area contributed by atoms with E-state index in [-0.39, 0.29) is 0 Å². The lowest BCUT2D eigenvalue weighted by atomic mass is 10.1. The number of nitrogens with one attached hydrogen (secondary N) is 2. The van der Waals surface area contributed by atoms with Crippen molar-refractivity contribution in [2.45, 2.75) is 20.4 Å². The van der Waals surface area contributed by atoms with E-state index in [1.165, 1.54) is 22.2 Å². The molecule has 86 valence electrons. The van der Waals surface area contributed by atoms with Gasteiger partial charge in [0.1, 0.15) is 5.75 Å². The second-order valence-corrected chi connectivity index (χ2v) is 3.92. The SMILES string of the molecule is CCNCc1c(C)[nH]c2ccc(OC)cc12. The van der Waals surface area contributed by atoms with Crippen LogP contribution in [0.1, 0.15) is 18.2 Å². The van der Waals surface area contributed by atoms with Gasteiger partial charge in [0.05, 0.1) is 7.11 Å². The van der Waals surface area contributed by atoms with E-state index < -0.39 is 0 Å². The van der Waals surface area contributed by atoms with Gasteiger partial charge in [-0.3, -0.25) is 0 Å². The molecule has 0 saturated carbocycles. The molecule has 0 bridgehead atoms. The Labute approximate surface area is 95.8 Å². The summed E-state index contributed by atoms with van der Waals surface area (Å²) in [6.45, 7) is 6.11. The summed E-state index contributed by atoms with van der Waals surface area (Å²) in [5, 5.41) is 4.61. The first-order chi connectivity index (χ1) is 7.76. The van der Waals surface area contributed by atoms with Crippen LogP contribution < -0.4 is 10.1 Å². The van der Waals surface area contributed by atoms with E-state index in [0.717, 1.165) is 18.8 Å². The van der Waals surface area contributed by atoms with E-state index in [1.807, 2.05) is 6.07 Å². The quantitative estimate of drug-likeness (QED) is 0.827. The van der Waals surface area contributed by atoms with Crippen LogP contribution in [-0.2, 0) is 6.54 Å². The number of benzene rings is 1. The van der Waals surface area contributed by atoms with Crippen LogP contribution in [0.5, 0.6) is 5.75 Å². The molecule has 1 aromatic carbocycles. The molecule has 0 fully saturated rings. The summed E-state index contributed by atoms with van der Waals surface area (Å²) in [6.07, 6.45) is 0. The van der Waals surface area contributed by atoms with Crippen LogP contribution in [-0.4, -0.2) is 18.6 Å². The van der Waals surface area contributed by atoms with Crippen LogP contribution in [0, 0.1) is 6.92 Å². The summed E-state index contributed by atoms with van der Waals surface area (Å²) in [6, 6.07) is 6.14. The molecule has 0 aliphatic heterocycles. The molecule has 0 atom stereocenters. The van der Waals surface area contributed by atoms with Crippen LogP contribution in [0.25, 0.3) is 10.9 Å². The van der Waals surface area contributed by atoms with Crippen molar-refractivity contribution in [1.82, 2.24) is 10.3 Å². The average molecular weight is 218 g/mol. The number of aryl methyl sites for hydroxylation is 1. The van der Waals surface area contributed by atoms with Gasteiger partial charge in [-0.15, -0.1) is 0 Å². The molecule has 3 nitrogen and oxygen atoms in total. The van der Waals surface area contributed by atoms with Crippen molar-refractivity contribution >= 4 is 10.9 Å². The lowest BCUT2D eigenvalue weighted by molar-refractivity contribution is 0.415. The van der Waals surface area contributed by atoms with Gasteiger partial charge in [0.15, 0.2) is 0 Å². The Morgan fingerprint density at radius 3 is 2.88 bits per heavy atom. The molecule has 0 unspecified atom stereocenters. The molecule has 0 amide bonds. The van der Waals surface area contributed by atoms with Gasteiger partial charge in [-0.25, -0.2) is 0 Å². The van der Waals surface area contributed by atoms with Gasteiger partial charge in [-0.1, -0.05) is 6.92 Å². The minimum absolute atomic E-state index is 0.898. The third kappa shape index (κ3) is 1.91. The second kappa shape index (κ2) is 4.58. The summed E-state index contributed by atoms with van der Waals surface area (Å²) in [5.41, 5.74) is 3.73. The minimum Gasteiger partial charge on any atom is -0.497 e. The van der Waals surface area contributed by atoms with Crippen LogP contribution >= 0.6 is 0 Å². The maximum atomic E-state index is 5.26. The number of H-pyrrole nitrogens is 1. The number of aromatic amines is 1. The van der Waals surface area contributed by atoms with Crippen molar-refractivity contribution in [2.75, 3.05) is 13.7 Å². The number of hydrogen-bond acceptors (Lipinski definition) is 2. The number of aromatic nitrogens is 1. The van der Waals surface area contributed by atoms with Crippen molar-refractivity contribution in [3.05, 3.63) is 29.5 Å². The molecule has 1 aromatic heterocycles. The van der Waals surface area contributed by atoms with Crippen LogP contribution in [0.3, 0.4) is 0 Å². The summed E-state index contributed by atoms with van der Waals surface area (Å²) in [4.78, 5) is 3.39. The van der Waals surface area contributed by atoms with Crippen LogP contribution in [0.2, 0.25) is 0 Å². The van der Waals surface area contributed by atoms with E-state index in [9.17, 15) is 0 Å².